The topological polar surface area (TPSA) is 34.1 Å². The molecule has 1 aromatic carbocycles. The Morgan fingerprint density at radius 3 is 2.68 bits per heavy atom. The summed E-state index contributed by atoms with van der Waals surface area (Å²) in [6.07, 6.45) is 2.90. The summed E-state index contributed by atoms with van der Waals surface area (Å²) in [5.41, 5.74) is 3.93. The minimum Gasteiger partial charge on any atom is -0.481 e. The van der Waals surface area contributed by atoms with E-state index in [1.165, 1.54) is 16.7 Å². The second-order valence-electron chi connectivity index (χ2n) is 4.56. The lowest BCUT2D eigenvalue weighted by atomic mass is 10.1. The Bertz CT molecular complexity index is 508. The number of ether oxygens (including phenoxy) is 1. The third-order valence-corrected chi connectivity index (χ3v) is 3.17. The Morgan fingerprint density at radius 2 is 2.00 bits per heavy atom. The lowest BCUT2D eigenvalue weighted by molar-refractivity contribution is 0.397. The smallest absolute Gasteiger partial charge is 0.212 e. The summed E-state index contributed by atoms with van der Waals surface area (Å²) in [5.74, 6) is 0.656. The van der Waals surface area contributed by atoms with Crippen molar-refractivity contribution in [3.05, 3.63) is 59.3 Å². The Balaban J connectivity index is 1.76. The fraction of sp³-hybridized carbons (Fsp3) is 0.312. The van der Waals surface area contributed by atoms with Crippen molar-refractivity contribution in [2.75, 3.05) is 13.7 Å². The molecule has 0 saturated carbocycles. The van der Waals surface area contributed by atoms with Gasteiger partial charge in [-0.25, -0.2) is 4.98 Å². The van der Waals surface area contributed by atoms with E-state index in [2.05, 4.69) is 41.5 Å². The van der Waals surface area contributed by atoms with E-state index < -0.39 is 0 Å². The molecule has 0 unspecified atom stereocenters. The Kier molecular flexibility index (Phi) is 4.93. The third kappa shape index (κ3) is 4.07. The number of aromatic nitrogens is 1. The second-order valence-corrected chi connectivity index (χ2v) is 4.56. The van der Waals surface area contributed by atoms with E-state index in [0.29, 0.717) is 5.88 Å². The summed E-state index contributed by atoms with van der Waals surface area (Å²) in [5, 5.41) is 3.43. The van der Waals surface area contributed by atoms with Crippen LogP contribution in [0.4, 0.5) is 0 Å². The van der Waals surface area contributed by atoms with Crippen molar-refractivity contribution >= 4 is 0 Å². The van der Waals surface area contributed by atoms with Crippen LogP contribution in [0.25, 0.3) is 0 Å². The first kappa shape index (κ1) is 13.6. The van der Waals surface area contributed by atoms with Gasteiger partial charge in [0.05, 0.1) is 7.11 Å². The predicted octanol–water partition coefficient (Wildman–Crippen LogP) is 2.73. The molecule has 0 aliphatic heterocycles. The van der Waals surface area contributed by atoms with E-state index >= 15 is 0 Å². The number of aryl methyl sites for hydroxylation is 1. The maximum atomic E-state index is 5.03. The van der Waals surface area contributed by atoms with Crippen molar-refractivity contribution in [1.29, 1.82) is 0 Å². The van der Waals surface area contributed by atoms with Gasteiger partial charge in [-0.2, -0.15) is 0 Å². The minimum absolute atomic E-state index is 0.656. The molecule has 3 heteroatoms. The summed E-state index contributed by atoms with van der Waals surface area (Å²) in [6, 6.07) is 12.4. The molecule has 2 rings (SSSR count). The maximum absolute atomic E-state index is 5.03. The van der Waals surface area contributed by atoms with Gasteiger partial charge in [0.25, 0.3) is 0 Å². The number of hydrogen-bond donors (Lipinski definition) is 1. The van der Waals surface area contributed by atoms with E-state index in [1.807, 2.05) is 18.3 Å². The fourth-order valence-electron chi connectivity index (χ4n) is 1.98. The fourth-order valence-corrected chi connectivity index (χ4v) is 1.98. The molecule has 100 valence electrons. The molecule has 1 heterocycles. The standard InChI is InChI=1S/C16H20N2O/c1-13-5-3-4-6-15(13)9-10-17-11-14-7-8-16(19-2)18-12-14/h3-8,12,17H,9-11H2,1-2H3. The molecule has 0 spiro atoms. The van der Waals surface area contributed by atoms with Gasteiger partial charge >= 0.3 is 0 Å². The average molecular weight is 256 g/mol. The van der Waals surface area contributed by atoms with Crippen LogP contribution in [0.3, 0.4) is 0 Å². The molecule has 3 nitrogen and oxygen atoms in total. The molecule has 0 fully saturated rings. The molecule has 0 bridgehead atoms. The van der Waals surface area contributed by atoms with Gasteiger partial charge in [0.1, 0.15) is 0 Å². The minimum atomic E-state index is 0.656. The number of nitrogens with zero attached hydrogens (tertiary/aromatic N) is 1. The van der Waals surface area contributed by atoms with Gasteiger partial charge in [-0.15, -0.1) is 0 Å². The molecule has 0 aliphatic carbocycles. The van der Waals surface area contributed by atoms with Crippen LogP contribution in [-0.4, -0.2) is 18.6 Å². The summed E-state index contributed by atoms with van der Waals surface area (Å²) in [4.78, 5) is 4.19. The molecule has 1 aromatic heterocycles. The molecule has 0 atom stereocenters. The number of nitrogens with one attached hydrogen (secondary N) is 1. The van der Waals surface area contributed by atoms with Crippen molar-refractivity contribution in [2.45, 2.75) is 19.9 Å². The van der Waals surface area contributed by atoms with Crippen LogP contribution in [0.15, 0.2) is 42.6 Å². The maximum Gasteiger partial charge on any atom is 0.212 e. The van der Waals surface area contributed by atoms with Crippen molar-refractivity contribution in [1.82, 2.24) is 10.3 Å². The van der Waals surface area contributed by atoms with Gasteiger partial charge < -0.3 is 10.1 Å². The largest absolute Gasteiger partial charge is 0.481 e. The molecule has 0 amide bonds. The van der Waals surface area contributed by atoms with E-state index in [9.17, 15) is 0 Å². The Morgan fingerprint density at radius 1 is 1.16 bits per heavy atom. The van der Waals surface area contributed by atoms with Gasteiger partial charge in [0.15, 0.2) is 0 Å². The van der Waals surface area contributed by atoms with Crippen molar-refractivity contribution in [3.8, 4) is 5.88 Å². The Labute approximate surface area is 114 Å². The third-order valence-electron chi connectivity index (χ3n) is 3.17. The summed E-state index contributed by atoms with van der Waals surface area (Å²) in [6.45, 7) is 3.96. The first-order valence-corrected chi connectivity index (χ1v) is 6.54. The van der Waals surface area contributed by atoms with Gasteiger partial charge in [0, 0.05) is 18.8 Å². The van der Waals surface area contributed by atoms with Crippen molar-refractivity contribution < 1.29 is 4.74 Å². The van der Waals surface area contributed by atoms with Gasteiger partial charge in [-0.3, -0.25) is 0 Å². The molecular formula is C16H20N2O. The van der Waals surface area contributed by atoms with Crippen LogP contribution in [0.1, 0.15) is 16.7 Å². The molecule has 1 N–H and O–H groups in total. The lowest BCUT2D eigenvalue weighted by Crippen LogP contribution is -2.17. The number of methoxy groups -OCH3 is 1. The number of benzene rings is 1. The normalized spacial score (nSPS) is 10.4. The van der Waals surface area contributed by atoms with Crippen LogP contribution in [0.5, 0.6) is 5.88 Å². The highest BCUT2D eigenvalue weighted by Gasteiger charge is 1.98. The van der Waals surface area contributed by atoms with Gasteiger partial charge in [-0.05, 0) is 36.6 Å². The summed E-state index contributed by atoms with van der Waals surface area (Å²) >= 11 is 0. The molecular weight excluding hydrogens is 236 g/mol. The zero-order chi connectivity index (χ0) is 13.5. The second kappa shape index (κ2) is 6.90. The highest BCUT2D eigenvalue weighted by molar-refractivity contribution is 5.25. The SMILES string of the molecule is COc1ccc(CNCCc2ccccc2C)cn1. The van der Waals surface area contributed by atoms with Crippen molar-refractivity contribution in [2.24, 2.45) is 0 Å². The lowest BCUT2D eigenvalue weighted by Gasteiger charge is -2.07. The van der Waals surface area contributed by atoms with Gasteiger partial charge in [-0.1, -0.05) is 30.3 Å². The van der Waals surface area contributed by atoms with Gasteiger partial charge in [0.2, 0.25) is 5.88 Å². The average Bonchev–Trinajstić information content (AvgIpc) is 2.46. The quantitative estimate of drug-likeness (QED) is 0.807. The summed E-state index contributed by atoms with van der Waals surface area (Å²) in [7, 11) is 1.63. The van der Waals surface area contributed by atoms with E-state index in [0.717, 1.165) is 19.5 Å². The van der Waals surface area contributed by atoms with E-state index in [4.69, 9.17) is 4.74 Å². The zero-order valence-corrected chi connectivity index (χ0v) is 11.5. The molecule has 2 aromatic rings. The van der Waals surface area contributed by atoms with Crippen LogP contribution in [-0.2, 0) is 13.0 Å². The van der Waals surface area contributed by atoms with E-state index in [-0.39, 0.29) is 0 Å². The summed E-state index contributed by atoms with van der Waals surface area (Å²) < 4.78 is 5.03. The molecule has 0 aliphatic rings. The zero-order valence-electron chi connectivity index (χ0n) is 11.5. The first-order chi connectivity index (χ1) is 9.29. The van der Waals surface area contributed by atoms with E-state index in [1.54, 1.807) is 7.11 Å². The highest BCUT2D eigenvalue weighted by atomic mass is 16.5. The Hall–Kier alpha value is -1.87. The number of pyridine rings is 1. The van der Waals surface area contributed by atoms with Crippen molar-refractivity contribution in [3.63, 3.8) is 0 Å². The molecule has 0 radical (unpaired) electrons. The number of rotatable bonds is 6. The van der Waals surface area contributed by atoms with Crippen LogP contribution >= 0.6 is 0 Å². The van der Waals surface area contributed by atoms with Crippen LogP contribution < -0.4 is 10.1 Å². The number of hydrogen-bond acceptors (Lipinski definition) is 3. The van der Waals surface area contributed by atoms with Crippen LogP contribution in [0.2, 0.25) is 0 Å². The molecule has 19 heavy (non-hydrogen) atoms. The first-order valence-electron chi connectivity index (χ1n) is 6.54. The molecule has 0 saturated heterocycles. The highest BCUT2D eigenvalue weighted by Crippen LogP contribution is 2.08. The monoisotopic (exact) mass is 256 g/mol. The van der Waals surface area contributed by atoms with Crippen LogP contribution in [0, 0.1) is 6.92 Å². The predicted molar refractivity (Wildman–Crippen MR) is 77.4 cm³/mol.